The van der Waals surface area contributed by atoms with Gasteiger partial charge in [0.15, 0.2) is 0 Å². The van der Waals surface area contributed by atoms with Crippen LogP contribution in [0.1, 0.15) is 0 Å². The molecule has 2 heterocycles. The van der Waals surface area contributed by atoms with Crippen LogP contribution in [-0.2, 0) is 4.74 Å². The largest absolute Gasteiger partial charge is 0.491 e. The molecule has 2 aromatic carbocycles. The summed E-state index contributed by atoms with van der Waals surface area (Å²) in [6.07, 6.45) is 3.66. The van der Waals surface area contributed by atoms with Gasteiger partial charge in [-0.05, 0) is 35.9 Å². The maximum atomic E-state index is 6.04. The molecule has 0 saturated carbocycles. The Balaban J connectivity index is 1.66. The van der Waals surface area contributed by atoms with Gasteiger partial charge in [-0.3, -0.25) is 4.98 Å². The lowest BCUT2D eigenvalue weighted by Gasteiger charge is -2.13. The van der Waals surface area contributed by atoms with E-state index < -0.39 is 0 Å². The molecule has 24 heavy (non-hydrogen) atoms. The third kappa shape index (κ3) is 3.55. The molecule has 3 aromatic rings. The molecule has 4 nitrogen and oxygen atoms in total. The minimum absolute atomic E-state index is 0.234. The lowest BCUT2D eigenvalue weighted by Crippen LogP contribution is -2.04. The van der Waals surface area contributed by atoms with Gasteiger partial charge in [0, 0.05) is 18.0 Å². The van der Waals surface area contributed by atoms with Gasteiger partial charge in [0.05, 0.1) is 6.61 Å². The Bertz CT molecular complexity index is 802. The highest BCUT2D eigenvalue weighted by Gasteiger charge is 2.23. The quantitative estimate of drug-likeness (QED) is 0.635. The molecule has 0 aliphatic carbocycles. The van der Waals surface area contributed by atoms with Crippen molar-refractivity contribution in [3.63, 3.8) is 0 Å². The van der Waals surface area contributed by atoms with Crippen molar-refractivity contribution >= 4 is 0 Å². The first-order valence-electron chi connectivity index (χ1n) is 7.90. The number of aromatic nitrogens is 1. The molecule has 0 bridgehead atoms. The molecule has 4 rings (SSSR count). The summed E-state index contributed by atoms with van der Waals surface area (Å²) in [7, 11) is 0. The minimum Gasteiger partial charge on any atom is -0.491 e. The van der Waals surface area contributed by atoms with Crippen molar-refractivity contribution in [2.75, 3.05) is 13.2 Å². The van der Waals surface area contributed by atoms with E-state index in [9.17, 15) is 0 Å². The molecule has 1 fully saturated rings. The van der Waals surface area contributed by atoms with Crippen molar-refractivity contribution in [2.45, 2.75) is 6.10 Å². The van der Waals surface area contributed by atoms with E-state index in [1.54, 1.807) is 12.4 Å². The SMILES string of the molecule is c1ccc(-c2cc(OCC3CO3)ccc2Oc2ccncc2)cc1. The summed E-state index contributed by atoms with van der Waals surface area (Å²) in [4.78, 5) is 4.02. The lowest BCUT2D eigenvalue weighted by molar-refractivity contribution is 0.263. The molecule has 1 atom stereocenters. The fraction of sp³-hybridized carbons (Fsp3) is 0.150. The van der Waals surface area contributed by atoms with E-state index in [-0.39, 0.29) is 6.10 Å². The van der Waals surface area contributed by atoms with Crippen LogP contribution in [-0.4, -0.2) is 24.3 Å². The second-order valence-electron chi connectivity index (χ2n) is 5.58. The smallest absolute Gasteiger partial charge is 0.135 e. The Hall–Kier alpha value is -2.85. The van der Waals surface area contributed by atoms with Gasteiger partial charge in [-0.2, -0.15) is 0 Å². The van der Waals surface area contributed by atoms with E-state index in [2.05, 4.69) is 17.1 Å². The van der Waals surface area contributed by atoms with Crippen LogP contribution in [0.5, 0.6) is 17.2 Å². The first-order chi connectivity index (χ1) is 11.9. The number of pyridine rings is 1. The second-order valence-corrected chi connectivity index (χ2v) is 5.58. The van der Waals surface area contributed by atoms with E-state index in [1.807, 2.05) is 48.5 Å². The van der Waals surface area contributed by atoms with Crippen molar-refractivity contribution in [3.05, 3.63) is 73.1 Å². The zero-order valence-electron chi connectivity index (χ0n) is 13.1. The van der Waals surface area contributed by atoms with Crippen molar-refractivity contribution in [1.82, 2.24) is 4.98 Å². The third-order valence-corrected chi connectivity index (χ3v) is 3.75. The molecule has 0 spiro atoms. The zero-order valence-corrected chi connectivity index (χ0v) is 13.1. The molecule has 1 aliphatic rings. The van der Waals surface area contributed by atoms with Crippen LogP contribution in [0.3, 0.4) is 0 Å². The molecule has 1 unspecified atom stereocenters. The van der Waals surface area contributed by atoms with Gasteiger partial charge in [0.2, 0.25) is 0 Å². The van der Waals surface area contributed by atoms with Crippen LogP contribution >= 0.6 is 0 Å². The summed E-state index contributed by atoms with van der Waals surface area (Å²) < 4.78 is 17.0. The summed E-state index contributed by atoms with van der Waals surface area (Å²) in [5.41, 5.74) is 2.07. The first kappa shape index (κ1) is 14.7. The highest BCUT2D eigenvalue weighted by molar-refractivity contribution is 5.72. The van der Waals surface area contributed by atoms with Crippen molar-refractivity contribution in [3.8, 4) is 28.4 Å². The predicted molar refractivity (Wildman–Crippen MR) is 91.4 cm³/mol. The zero-order chi connectivity index (χ0) is 16.2. The monoisotopic (exact) mass is 319 g/mol. The van der Waals surface area contributed by atoms with E-state index >= 15 is 0 Å². The Labute approximate surface area is 140 Å². The minimum atomic E-state index is 0.234. The van der Waals surface area contributed by atoms with Gasteiger partial charge >= 0.3 is 0 Å². The standard InChI is InChI=1S/C20H17NO3/c1-2-4-15(5-3-1)19-12-17(22-13-18-14-23-18)6-7-20(19)24-16-8-10-21-11-9-16/h1-12,18H,13-14H2. The van der Waals surface area contributed by atoms with E-state index in [0.717, 1.165) is 35.0 Å². The van der Waals surface area contributed by atoms with E-state index in [0.29, 0.717) is 6.61 Å². The lowest BCUT2D eigenvalue weighted by atomic mass is 10.0. The number of nitrogens with zero attached hydrogens (tertiary/aromatic N) is 1. The maximum absolute atomic E-state index is 6.04. The molecular formula is C20H17NO3. The fourth-order valence-electron chi connectivity index (χ4n) is 2.42. The number of ether oxygens (including phenoxy) is 3. The summed E-state index contributed by atoms with van der Waals surface area (Å²) in [6, 6.07) is 19.7. The highest BCUT2D eigenvalue weighted by atomic mass is 16.6. The van der Waals surface area contributed by atoms with Gasteiger partial charge < -0.3 is 14.2 Å². The van der Waals surface area contributed by atoms with Crippen molar-refractivity contribution < 1.29 is 14.2 Å². The van der Waals surface area contributed by atoms with Gasteiger partial charge in [-0.25, -0.2) is 0 Å². The summed E-state index contributed by atoms with van der Waals surface area (Å²) in [5, 5.41) is 0. The highest BCUT2D eigenvalue weighted by Crippen LogP contribution is 2.36. The van der Waals surface area contributed by atoms with Gasteiger partial charge in [0.25, 0.3) is 0 Å². The Morgan fingerprint density at radius 2 is 1.75 bits per heavy atom. The topological polar surface area (TPSA) is 43.9 Å². The van der Waals surface area contributed by atoms with E-state index in [1.165, 1.54) is 0 Å². The van der Waals surface area contributed by atoms with Crippen LogP contribution < -0.4 is 9.47 Å². The van der Waals surface area contributed by atoms with Gasteiger partial charge in [0.1, 0.15) is 30.0 Å². The number of hydrogen-bond acceptors (Lipinski definition) is 4. The molecule has 1 saturated heterocycles. The average Bonchev–Trinajstić information content (AvgIpc) is 3.47. The predicted octanol–water partition coefficient (Wildman–Crippen LogP) is 4.32. The van der Waals surface area contributed by atoms with Crippen LogP contribution in [0, 0.1) is 0 Å². The number of epoxide rings is 1. The van der Waals surface area contributed by atoms with Crippen molar-refractivity contribution in [1.29, 1.82) is 0 Å². The summed E-state index contributed by atoms with van der Waals surface area (Å²) in [6.45, 7) is 1.37. The molecule has 0 N–H and O–H groups in total. The van der Waals surface area contributed by atoms with Gasteiger partial charge in [-0.1, -0.05) is 30.3 Å². The van der Waals surface area contributed by atoms with Crippen LogP contribution in [0.15, 0.2) is 73.1 Å². The number of benzene rings is 2. The molecule has 1 aliphatic heterocycles. The summed E-state index contributed by atoms with van der Waals surface area (Å²) >= 11 is 0. The normalized spacial score (nSPS) is 15.8. The third-order valence-electron chi connectivity index (χ3n) is 3.75. The number of hydrogen-bond donors (Lipinski definition) is 0. The number of rotatable bonds is 6. The van der Waals surface area contributed by atoms with Crippen molar-refractivity contribution in [2.24, 2.45) is 0 Å². The first-order valence-corrected chi connectivity index (χ1v) is 7.90. The van der Waals surface area contributed by atoms with Gasteiger partial charge in [-0.15, -0.1) is 0 Å². The van der Waals surface area contributed by atoms with Crippen LogP contribution in [0.2, 0.25) is 0 Å². The maximum Gasteiger partial charge on any atom is 0.135 e. The second kappa shape index (κ2) is 6.72. The van der Waals surface area contributed by atoms with E-state index in [4.69, 9.17) is 14.2 Å². The molecular weight excluding hydrogens is 302 g/mol. The Morgan fingerprint density at radius 1 is 0.958 bits per heavy atom. The van der Waals surface area contributed by atoms with Crippen LogP contribution in [0.4, 0.5) is 0 Å². The molecule has 1 aromatic heterocycles. The molecule has 120 valence electrons. The average molecular weight is 319 g/mol. The summed E-state index contributed by atoms with van der Waals surface area (Å²) in [5.74, 6) is 2.34. The van der Waals surface area contributed by atoms with Crippen LogP contribution in [0.25, 0.3) is 11.1 Å². The molecule has 4 heteroatoms. The molecule has 0 radical (unpaired) electrons. The fourth-order valence-corrected chi connectivity index (χ4v) is 2.42. The Kier molecular flexibility index (Phi) is 4.13. The molecule has 0 amide bonds. The Morgan fingerprint density at radius 3 is 2.50 bits per heavy atom.